The minimum atomic E-state index is -4.73. The number of aliphatic hydroxyl groups excluding tert-OH is 1. The van der Waals surface area contributed by atoms with Crippen LogP contribution in [0.25, 0.3) is 0 Å². The van der Waals surface area contributed by atoms with E-state index in [4.69, 9.17) is 21.1 Å². The first-order chi connectivity index (χ1) is 8.58. The third-order valence-corrected chi connectivity index (χ3v) is 4.23. The van der Waals surface area contributed by atoms with Gasteiger partial charge in [0.2, 0.25) is 0 Å². The van der Waals surface area contributed by atoms with E-state index in [0.717, 1.165) is 12.1 Å². The molecule has 0 fully saturated rings. The van der Waals surface area contributed by atoms with E-state index in [0.29, 0.717) is 0 Å². The van der Waals surface area contributed by atoms with Crippen LogP contribution >= 0.6 is 22.4 Å². The summed E-state index contributed by atoms with van der Waals surface area (Å²) in [5.74, 6) is 0. The zero-order valence-electron chi connectivity index (χ0n) is 8.90. The average molecular weight is 332 g/mol. The van der Waals surface area contributed by atoms with Crippen molar-refractivity contribution in [1.82, 2.24) is 0 Å². The van der Waals surface area contributed by atoms with E-state index in [2.05, 4.69) is 0 Å². The summed E-state index contributed by atoms with van der Waals surface area (Å²) in [4.78, 5) is -1.50. The molecule has 0 amide bonds. The number of nitriles is 1. The van der Waals surface area contributed by atoms with E-state index in [1.807, 2.05) is 0 Å². The largest absolute Gasteiger partial charge is 0.446 e. The molecule has 1 aromatic rings. The fourth-order valence-corrected chi connectivity index (χ4v) is 3.37. The second kappa shape index (κ2) is 5.58. The highest BCUT2D eigenvalue weighted by molar-refractivity contribution is 8.14. The summed E-state index contributed by atoms with van der Waals surface area (Å²) in [6.45, 7) is -0.695. The molecule has 0 saturated heterocycles. The highest BCUT2D eigenvalue weighted by Crippen LogP contribution is 2.41. The van der Waals surface area contributed by atoms with Crippen LogP contribution in [-0.2, 0) is 15.7 Å². The molecular formula is C9H5ClF3NO3S2. The molecule has 0 saturated carbocycles. The van der Waals surface area contributed by atoms with Crippen molar-refractivity contribution >= 4 is 31.5 Å². The molecular weight excluding hydrogens is 327 g/mol. The Balaban J connectivity index is 3.56. The number of nitrogens with zero attached hydrogens (tertiary/aromatic N) is 1. The molecule has 0 heterocycles. The molecule has 1 rings (SSSR count). The molecule has 0 aliphatic carbocycles. The molecule has 0 aliphatic heterocycles. The lowest BCUT2D eigenvalue weighted by Gasteiger charge is -2.11. The number of halogens is 4. The molecule has 4 nitrogen and oxygen atoms in total. The van der Waals surface area contributed by atoms with E-state index in [1.165, 1.54) is 0 Å². The molecule has 10 heteroatoms. The maximum atomic E-state index is 12.3. The fraction of sp³-hybridized carbons (Fsp3) is 0.222. The van der Waals surface area contributed by atoms with Crippen LogP contribution in [0.15, 0.2) is 21.9 Å². The maximum absolute atomic E-state index is 12.3. The average Bonchev–Trinajstić information content (AvgIpc) is 2.24. The van der Waals surface area contributed by atoms with E-state index < -0.39 is 42.7 Å². The monoisotopic (exact) mass is 331 g/mol. The predicted molar refractivity (Wildman–Crippen MR) is 62.0 cm³/mol. The summed E-state index contributed by atoms with van der Waals surface area (Å²) >= 11 is -0.693. The van der Waals surface area contributed by atoms with Gasteiger partial charge in [0.25, 0.3) is 9.05 Å². The lowest BCUT2D eigenvalue weighted by molar-refractivity contribution is -0.0328. The SMILES string of the molecule is N#Cc1cc(SC(F)(F)F)c(S(=O)(=O)Cl)cc1CO. The summed E-state index contributed by atoms with van der Waals surface area (Å²) in [6, 6.07) is 3.07. The number of hydrogen-bond acceptors (Lipinski definition) is 5. The lowest BCUT2D eigenvalue weighted by atomic mass is 10.1. The van der Waals surface area contributed by atoms with Crippen LogP contribution in [0.2, 0.25) is 0 Å². The number of alkyl halides is 3. The zero-order chi connectivity index (χ0) is 14.8. The van der Waals surface area contributed by atoms with E-state index in [-0.39, 0.29) is 11.1 Å². The molecule has 1 aromatic carbocycles. The van der Waals surface area contributed by atoms with Crippen molar-refractivity contribution in [2.24, 2.45) is 0 Å². The van der Waals surface area contributed by atoms with Gasteiger partial charge < -0.3 is 5.11 Å². The van der Waals surface area contributed by atoms with Gasteiger partial charge in [0.15, 0.2) is 0 Å². The third-order valence-electron chi connectivity index (χ3n) is 1.95. The van der Waals surface area contributed by atoms with Gasteiger partial charge in [-0.2, -0.15) is 18.4 Å². The summed E-state index contributed by atoms with van der Waals surface area (Å²) in [6.07, 6.45) is 0. The molecule has 0 radical (unpaired) electrons. The number of benzene rings is 1. The van der Waals surface area contributed by atoms with Crippen LogP contribution in [0.3, 0.4) is 0 Å². The van der Waals surface area contributed by atoms with Crippen LogP contribution in [0, 0.1) is 11.3 Å². The Morgan fingerprint density at radius 2 is 2.00 bits per heavy atom. The molecule has 0 atom stereocenters. The predicted octanol–water partition coefficient (Wildman–Crippen LogP) is 2.59. The number of rotatable bonds is 3. The van der Waals surface area contributed by atoms with E-state index >= 15 is 0 Å². The number of hydrogen-bond donors (Lipinski definition) is 1. The Morgan fingerprint density at radius 3 is 2.37 bits per heavy atom. The molecule has 104 valence electrons. The van der Waals surface area contributed by atoms with Gasteiger partial charge in [0.05, 0.1) is 23.1 Å². The molecule has 0 unspecified atom stereocenters. The van der Waals surface area contributed by atoms with Gasteiger partial charge in [0.1, 0.15) is 0 Å². The molecule has 1 N–H and O–H groups in total. The quantitative estimate of drug-likeness (QED) is 0.680. The highest BCUT2D eigenvalue weighted by atomic mass is 35.7. The van der Waals surface area contributed by atoms with Gasteiger partial charge in [-0.15, -0.1) is 0 Å². The second-order valence-electron chi connectivity index (χ2n) is 3.21. The fourth-order valence-electron chi connectivity index (χ4n) is 1.23. The van der Waals surface area contributed by atoms with Gasteiger partial charge in [-0.3, -0.25) is 0 Å². The van der Waals surface area contributed by atoms with Gasteiger partial charge in [-0.05, 0) is 29.5 Å². The smallest absolute Gasteiger partial charge is 0.392 e. The first-order valence-electron chi connectivity index (χ1n) is 4.47. The van der Waals surface area contributed by atoms with Crippen molar-refractivity contribution in [2.45, 2.75) is 21.9 Å². The molecule has 19 heavy (non-hydrogen) atoms. The molecule has 0 aromatic heterocycles. The van der Waals surface area contributed by atoms with Crippen molar-refractivity contribution in [3.05, 3.63) is 23.3 Å². The second-order valence-corrected chi connectivity index (χ2v) is 6.85. The summed E-state index contributed by atoms with van der Waals surface area (Å²) in [5, 5.41) is 17.7. The van der Waals surface area contributed by atoms with Crippen LogP contribution in [0.5, 0.6) is 0 Å². The van der Waals surface area contributed by atoms with Crippen LogP contribution in [-0.4, -0.2) is 19.0 Å². The van der Waals surface area contributed by atoms with Crippen molar-refractivity contribution in [2.75, 3.05) is 0 Å². The number of thioether (sulfide) groups is 1. The first-order valence-corrected chi connectivity index (χ1v) is 7.59. The lowest BCUT2D eigenvalue weighted by Crippen LogP contribution is -2.05. The van der Waals surface area contributed by atoms with Gasteiger partial charge in [0, 0.05) is 15.6 Å². The van der Waals surface area contributed by atoms with Crippen molar-refractivity contribution in [3.8, 4) is 6.07 Å². The van der Waals surface area contributed by atoms with E-state index in [1.54, 1.807) is 6.07 Å². The normalized spacial score (nSPS) is 12.2. The zero-order valence-corrected chi connectivity index (χ0v) is 11.3. The Morgan fingerprint density at radius 1 is 1.42 bits per heavy atom. The Kier molecular flexibility index (Phi) is 4.73. The van der Waals surface area contributed by atoms with Crippen molar-refractivity contribution < 1.29 is 26.7 Å². The Hall–Kier alpha value is -0.950. The maximum Gasteiger partial charge on any atom is 0.446 e. The topological polar surface area (TPSA) is 78.2 Å². The third kappa shape index (κ3) is 4.28. The van der Waals surface area contributed by atoms with Crippen molar-refractivity contribution in [1.29, 1.82) is 5.26 Å². The van der Waals surface area contributed by atoms with Gasteiger partial charge in [-0.25, -0.2) is 8.42 Å². The summed E-state index contributed by atoms with van der Waals surface area (Å²) in [7, 11) is 0.611. The van der Waals surface area contributed by atoms with Crippen LogP contribution in [0.4, 0.5) is 13.2 Å². The van der Waals surface area contributed by atoms with Crippen molar-refractivity contribution in [3.63, 3.8) is 0 Å². The molecule has 0 bridgehead atoms. The van der Waals surface area contributed by atoms with Crippen LogP contribution in [0.1, 0.15) is 11.1 Å². The minimum absolute atomic E-state index is 0.117. The standard InChI is InChI=1S/C9H5ClF3NO3S2/c10-19(16,17)8-2-6(4-15)5(3-14)1-7(8)18-9(11,12)13/h1-2,15H,4H2. The molecule has 0 spiro atoms. The highest BCUT2D eigenvalue weighted by Gasteiger charge is 2.33. The van der Waals surface area contributed by atoms with Gasteiger partial charge in [-0.1, -0.05) is 0 Å². The minimum Gasteiger partial charge on any atom is -0.392 e. The first kappa shape index (κ1) is 16.1. The van der Waals surface area contributed by atoms with Gasteiger partial charge >= 0.3 is 5.51 Å². The van der Waals surface area contributed by atoms with E-state index in [9.17, 15) is 21.6 Å². The summed E-state index contributed by atoms with van der Waals surface area (Å²) < 4.78 is 59.4. The number of aliphatic hydroxyl groups is 1. The Labute approximate surface area is 115 Å². The summed E-state index contributed by atoms with van der Waals surface area (Å²) in [5.41, 5.74) is -5.10. The molecule has 0 aliphatic rings. The van der Waals surface area contributed by atoms with Crippen LogP contribution < -0.4 is 0 Å². The Bertz CT molecular complexity index is 637.